The van der Waals surface area contributed by atoms with Gasteiger partial charge in [-0.1, -0.05) is 164 Å². The van der Waals surface area contributed by atoms with Crippen LogP contribution in [0.4, 0.5) is 0 Å². The zero-order valence-corrected chi connectivity index (χ0v) is 32.4. The summed E-state index contributed by atoms with van der Waals surface area (Å²) in [5.41, 5.74) is 12.1. The molecule has 0 spiro atoms. The van der Waals surface area contributed by atoms with Gasteiger partial charge in [-0.15, -0.1) is 0 Å². The van der Waals surface area contributed by atoms with E-state index in [1.807, 2.05) is 60.7 Å². The summed E-state index contributed by atoms with van der Waals surface area (Å²) in [6.07, 6.45) is 0. The summed E-state index contributed by atoms with van der Waals surface area (Å²) in [4.78, 5) is 15.2. The molecule has 0 amide bonds. The van der Waals surface area contributed by atoms with Crippen LogP contribution in [-0.2, 0) is 0 Å². The maximum absolute atomic E-state index is 5.13. The van der Waals surface area contributed by atoms with Gasteiger partial charge in [0.25, 0.3) is 0 Å². The molecule has 3 heterocycles. The van der Waals surface area contributed by atoms with Crippen LogP contribution in [0.1, 0.15) is 0 Å². The fourth-order valence-electron chi connectivity index (χ4n) is 9.03. The number of rotatable bonds is 6. The first-order valence-corrected chi connectivity index (χ1v) is 20.3. The van der Waals surface area contributed by atoms with E-state index in [0.29, 0.717) is 17.5 Å². The second kappa shape index (κ2) is 13.8. The Morgan fingerprint density at radius 2 is 0.750 bits per heavy atom. The molecule has 3 aromatic heterocycles. The van der Waals surface area contributed by atoms with Crippen molar-refractivity contribution >= 4 is 54.4 Å². The molecule has 12 aromatic rings. The van der Waals surface area contributed by atoms with E-state index in [2.05, 4.69) is 161 Å². The highest BCUT2D eigenvalue weighted by Crippen LogP contribution is 2.42. The van der Waals surface area contributed by atoms with Crippen molar-refractivity contribution in [2.45, 2.75) is 0 Å². The van der Waals surface area contributed by atoms with Crippen molar-refractivity contribution in [2.75, 3.05) is 0 Å². The largest absolute Gasteiger partial charge is 0.309 e. The normalized spacial score (nSPS) is 11.7. The van der Waals surface area contributed by atoms with Crippen LogP contribution in [0.15, 0.2) is 212 Å². The molecule has 0 atom stereocenters. The smallest absolute Gasteiger partial charge is 0.164 e. The fourth-order valence-corrected chi connectivity index (χ4v) is 9.03. The molecule has 0 N–H and O–H groups in total. The minimum absolute atomic E-state index is 0.636. The Hall–Kier alpha value is -8.15. The van der Waals surface area contributed by atoms with E-state index in [-0.39, 0.29) is 0 Å². The molecular formula is C55H35N5. The number of benzene rings is 9. The van der Waals surface area contributed by atoms with Gasteiger partial charge in [0.1, 0.15) is 0 Å². The average Bonchev–Trinajstić information content (AvgIpc) is 3.83. The van der Waals surface area contributed by atoms with Crippen LogP contribution in [0.25, 0.3) is 111 Å². The van der Waals surface area contributed by atoms with Crippen molar-refractivity contribution in [3.8, 4) is 56.7 Å². The van der Waals surface area contributed by atoms with E-state index in [9.17, 15) is 0 Å². The molecule has 0 aliphatic rings. The average molecular weight is 766 g/mol. The summed E-state index contributed by atoms with van der Waals surface area (Å²) >= 11 is 0. The van der Waals surface area contributed by atoms with Gasteiger partial charge in [0.2, 0.25) is 0 Å². The molecule has 0 saturated carbocycles. The first-order chi connectivity index (χ1) is 29.8. The first kappa shape index (κ1) is 33.9. The van der Waals surface area contributed by atoms with Crippen LogP contribution < -0.4 is 0 Å². The third kappa shape index (κ3) is 5.44. The van der Waals surface area contributed by atoms with Gasteiger partial charge in [-0.05, 0) is 65.0 Å². The molecule has 0 aliphatic heterocycles. The number of para-hydroxylation sites is 2. The van der Waals surface area contributed by atoms with E-state index < -0.39 is 0 Å². The van der Waals surface area contributed by atoms with Gasteiger partial charge in [-0.2, -0.15) is 0 Å². The Balaban J connectivity index is 1.11. The Morgan fingerprint density at radius 3 is 1.38 bits per heavy atom. The molecule has 12 rings (SSSR count). The second-order valence-electron chi connectivity index (χ2n) is 15.2. The zero-order chi connectivity index (χ0) is 39.6. The summed E-state index contributed by atoms with van der Waals surface area (Å²) in [6.45, 7) is 0. The molecule has 280 valence electrons. The van der Waals surface area contributed by atoms with Crippen LogP contribution in [0.5, 0.6) is 0 Å². The minimum Gasteiger partial charge on any atom is -0.309 e. The third-order valence-electron chi connectivity index (χ3n) is 11.8. The number of nitrogens with zero attached hydrogens (tertiary/aromatic N) is 5. The molecule has 0 bridgehead atoms. The van der Waals surface area contributed by atoms with Crippen molar-refractivity contribution in [1.29, 1.82) is 0 Å². The van der Waals surface area contributed by atoms with Crippen LogP contribution >= 0.6 is 0 Å². The monoisotopic (exact) mass is 765 g/mol. The highest BCUT2D eigenvalue weighted by molar-refractivity contribution is 6.20. The molecule has 0 fully saturated rings. The predicted molar refractivity (Wildman–Crippen MR) is 248 cm³/mol. The maximum Gasteiger partial charge on any atom is 0.164 e. The van der Waals surface area contributed by atoms with Crippen molar-refractivity contribution in [3.05, 3.63) is 212 Å². The highest BCUT2D eigenvalue weighted by atomic mass is 15.0. The summed E-state index contributed by atoms with van der Waals surface area (Å²) in [6, 6.07) is 75.2. The van der Waals surface area contributed by atoms with Crippen molar-refractivity contribution in [3.63, 3.8) is 0 Å². The first-order valence-electron chi connectivity index (χ1n) is 20.3. The van der Waals surface area contributed by atoms with Crippen LogP contribution in [0, 0.1) is 0 Å². The third-order valence-corrected chi connectivity index (χ3v) is 11.8. The minimum atomic E-state index is 0.636. The molecule has 0 radical (unpaired) electrons. The predicted octanol–water partition coefficient (Wildman–Crippen LogP) is 13.9. The van der Waals surface area contributed by atoms with E-state index in [1.54, 1.807) is 0 Å². The Labute approximate surface area is 346 Å². The standard InChI is InChI=1S/C55H35N5/c1-4-17-36(18-5-1)39-23-16-24-40(33-39)59-48-29-14-12-27-43(48)46-34-47-44-28-13-15-30-49(44)60(52(47)35-51(46)59)50-32-31-45(41-25-10-11-26-42(41)50)55-57-53(37-19-6-2-7-20-37)56-54(58-55)38-21-8-3-9-22-38/h1-35H. The second-order valence-corrected chi connectivity index (χ2v) is 15.2. The lowest BCUT2D eigenvalue weighted by Crippen LogP contribution is -2.01. The summed E-state index contributed by atoms with van der Waals surface area (Å²) in [5.74, 6) is 1.92. The van der Waals surface area contributed by atoms with Crippen molar-refractivity contribution in [2.24, 2.45) is 0 Å². The fraction of sp³-hybridized carbons (Fsp3) is 0. The lowest BCUT2D eigenvalue weighted by atomic mass is 10.0. The SMILES string of the molecule is c1ccc(-c2cccc(-n3c4ccccc4c4cc5c6ccccc6n(-c6ccc(-c7nc(-c8ccccc8)nc(-c8ccccc8)n7)c7ccccc67)c5cc43)c2)cc1. The maximum atomic E-state index is 5.13. The molecule has 5 nitrogen and oxygen atoms in total. The van der Waals surface area contributed by atoms with Gasteiger partial charge in [0.05, 0.1) is 27.8 Å². The summed E-state index contributed by atoms with van der Waals surface area (Å²) < 4.78 is 4.87. The number of hydrogen-bond donors (Lipinski definition) is 0. The van der Waals surface area contributed by atoms with E-state index in [1.165, 1.54) is 38.2 Å². The van der Waals surface area contributed by atoms with Gasteiger partial charge in [-0.25, -0.2) is 15.0 Å². The van der Waals surface area contributed by atoms with Crippen LogP contribution in [0.2, 0.25) is 0 Å². The molecule has 0 unspecified atom stereocenters. The van der Waals surface area contributed by atoms with Gasteiger partial charge < -0.3 is 9.13 Å². The topological polar surface area (TPSA) is 48.5 Å². The number of hydrogen-bond acceptors (Lipinski definition) is 3. The van der Waals surface area contributed by atoms with Crippen molar-refractivity contribution in [1.82, 2.24) is 24.1 Å². The molecule has 5 heteroatoms. The molecule has 9 aromatic carbocycles. The zero-order valence-electron chi connectivity index (χ0n) is 32.4. The summed E-state index contributed by atoms with van der Waals surface area (Å²) in [5, 5.41) is 7.06. The Morgan fingerprint density at radius 1 is 0.267 bits per heavy atom. The van der Waals surface area contributed by atoms with Crippen LogP contribution in [-0.4, -0.2) is 24.1 Å². The van der Waals surface area contributed by atoms with E-state index >= 15 is 0 Å². The van der Waals surface area contributed by atoms with Gasteiger partial charge in [-0.3, -0.25) is 0 Å². The Kier molecular flexibility index (Phi) is 7.78. The lowest BCUT2D eigenvalue weighted by molar-refractivity contribution is 1.08. The van der Waals surface area contributed by atoms with Gasteiger partial charge in [0.15, 0.2) is 17.5 Å². The highest BCUT2D eigenvalue weighted by Gasteiger charge is 2.21. The lowest BCUT2D eigenvalue weighted by Gasteiger charge is -2.15. The van der Waals surface area contributed by atoms with E-state index in [4.69, 9.17) is 15.0 Å². The molecule has 60 heavy (non-hydrogen) atoms. The van der Waals surface area contributed by atoms with Gasteiger partial charge >= 0.3 is 0 Å². The number of aromatic nitrogens is 5. The van der Waals surface area contributed by atoms with Crippen molar-refractivity contribution < 1.29 is 0 Å². The van der Waals surface area contributed by atoms with Gasteiger partial charge in [0, 0.05) is 49.3 Å². The van der Waals surface area contributed by atoms with Crippen LogP contribution in [0.3, 0.4) is 0 Å². The number of fused-ring (bicyclic) bond motifs is 7. The Bertz CT molecular complexity index is 3530. The summed E-state index contributed by atoms with van der Waals surface area (Å²) in [7, 11) is 0. The molecule has 0 aliphatic carbocycles. The molecule has 0 saturated heterocycles. The quantitative estimate of drug-likeness (QED) is 0.169. The van der Waals surface area contributed by atoms with E-state index in [0.717, 1.165) is 55.4 Å². The molecular weight excluding hydrogens is 731 g/mol.